The molecule has 0 spiro atoms. The van der Waals surface area contributed by atoms with Gasteiger partial charge in [0.15, 0.2) is 11.5 Å². The number of hydrogen-bond acceptors (Lipinski definition) is 14. The number of urea groups is 1. The van der Waals surface area contributed by atoms with Gasteiger partial charge < -0.3 is 44.1 Å². The number of ether oxygens (including phenoxy) is 5. The third kappa shape index (κ3) is 10.2. The predicted molar refractivity (Wildman–Crippen MR) is 234 cm³/mol. The lowest BCUT2D eigenvalue weighted by atomic mass is 9.94. The zero-order valence-corrected chi connectivity index (χ0v) is 36.7. The van der Waals surface area contributed by atoms with Gasteiger partial charge in [0.25, 0.3) is 11.8 Å². The highest BCUT2D eigenvalue weighted by Gasteiger charge is 2.45. The Balaban J connectivity index is 0.803. The van der Waals surface area contributed by atoms with Crippen LogP contribution in [0.1, 0.15) is 57.2 Å². The molecule has 7 rings (SSSR count). The van der Waals surface area contributed by atoms with Crippen LogP contribution < -0.4 is 30.3 Å². The Morgan fingerprint density at radius 1 is 0.815 bits per heavy atom. The van der Waals surface area contributed by atoms with E-state index in [1.165, 1.54) is 23.2 Å². The van der Waals surface area contributed by atoms with E-state index in [4.69, 9.17) is 28.8 Å². The number of carbonyl (C=O) groups excluding carboxylic acids is 7. The van der Waals surface area contributed by atoms with Gasteiger partial charge >= 0.3 is 6.03 Å². The van der Waals surface area contributed by atoms with Gasteiger partial charge in [0.1, 0.15) is 19.3 Å². The molecule has 3 aromatic carbocycles. The number of benzene rings is 3. The molecule has 4 aliphatic heterocycles. The van der Waals surface area contributed by atoms with Crippen LogP contribution in [0.2, 0.25) is 0 Å². The number of imide groups is 2. The summed E-state index contributed by atoms with van der Waals surface area (Å²) in [5.41, 5.74) is 4.39. The molecular weight excluding hydrogens is 845 g/mol. The number of amides is 8. The fraction of sp³-hybridized carbons (Fsp3) is 0.422. The largest absolute Gasteiger partial charge is 0.493 e. The van der Waals surface area contributed by atoms with Crippen molar-refractivity contribution in [1.29, 1.82) is 0 Å². The van der Waals surface area contributed by atoms with Crippen LogP contribution in [0.25, 0.3) is 0 Å². The van der Waals surface area contributed by atoms with Crippen molar-refractivity contribution >= 4 is 58.6 Å². The first-order valence-electron chi connectivity index (χ1n) is 21.3. The van der Waals surface area contributed by atoms with E-state index >= 15 is 0 Å². The first-order valence-corrected chi connectivity index (χ1v) is 21.3. The molecule has 2 saturated heterocycles. The minimum Gasteiger partial charge on any atom is -0.493 e. The van der Waals surface area contributed by atoms with E-state index in [-0.39, 0.29) is 87.3 Å². The number of hydrazone groups is 1. The van der Waals surface area contributed by atoms with Crippen LogP contribution in [0.3, 0.4) is 0 Å². The third-order valence-corrected chi connectivity index (χ3v) is 11.5. The molecule has 0 aliphatic carbocycles. The number of fused-ring (bicyclic) bond motifs is 2. The Labute approximate surface area is 375 Å². The quantitative estimate of drug-likeness (QED) is 0.138. The van der Waals surface area contributed by atoms with Crippen molar-refractivity contribution in [3.05, 3.63) is 82.4 Å². The number of rotatable bonds is 16. The second-order valence-electron chi connectivity index (χ2n) is 15.6. The second kappa shape index (κ2) is 20.7. The topological polar surface area (TPSA) is 227 Å². The van der Waals surface area contributed by atoms with Crippen LogP contribution in [-0.2, 0) is 39.8 Å². The highest BCUT2D eigenvalue weighted by Crippen LogP contribution is 2.36. The van der Waals surface area contributed by atoms with Crippen molar-refractivity contribution in [2.75, 3.05) is 97.3 Å². The molecule has 20 nitrogen and oxygen atoms in total. The van der Waals surface area contributed by atoms with Gasteiger partial charge in [-0.1, -0.05) is 18.2 Å². The number of methoxy groups -OCH3 is 2. The molecule has 0 aromatic heterocycles. The molecule has 3 aromatic rings. The fourth-order valence-corrected chi connectivity index (χ4v) is 8.15. The normalized spacial score (nSPS) is 18.4. The van der Waals surface area contributed by atoms with E-state index in [9.17, 15) is 33.6 Å². The first kappa shape index (κ1) is 46.1. The highest BCUT2D eigenvalue weighted by molar-refractivity contribution is 6.26. The summed E-state index contributed by atoms with van der Waals surface area (Å²) in [7, 11) is 4.75. The van der Waals surface area contributed by atoms with Crippen molar-refractivity contribution in [3.63, 3.8) is 0 Å². The lowest BCUT2D eigenvalue weighted by Crippen LogP contribution is -2.54. The van der Waals surface area contributed by atoms with Crippen LogP contribution in [0.4, 0.5) is 16.2 Å². The molecule has 4 aliphatic rings. The van der Waals surface area contributed by atoms with Crippen LogP contribution >= 0.6 is 0 Å². The monoisotopic (exact) mass is 896 g/mol. The van der Waals surface area contributed by atoms with Crippen LogP contribution in [0, 0.1) is 0 Å². The first-order chi connectivity index (χ1) is 31.4. The molecule has 2 fully saturated rings. The maximum absolute atomic E-state index is 13.3. The number of anilines is 2. The number of piperidine rings is 1. The molecular formula is C45H52N8O12. The number of carbonyl (C=O) groups is 7. The van der Waals surface area contributed by atoms with Crippen molar-refractivity contribution in [2.24, 2.45) is 5.10 Å². The van der Waals surface area contributed by atoms with Crippen LogP contribution in [-0.4, -0.2) is 161 Å². The van der Waals surface area contributed by atoms with Crippen molar-refractivity contribution < 1.29 is 57.2 Å². The molecule has 65 heavy (non-hydrogen) atoms. The van der Waals surface area contributed by atoms with Gasteiger partial charge in [-0.05, 0) is 61.7 Å². The number of nitrogens with one attached hydrogen (secondary N) is 3. The summed E-state index contributed by atoms with van der Waals surface area (Å²) in [4.78, 5) is 93.5. The van der Waals surface area contributed by atoms with E-state index in [2.05, 4.69) is 20.9 Å². The summed E-state index contributed by atoms with van der Waals surface area (Å²) in [6.07, 6.45) is 0.570. The Morgan fingerprint density at radius 3 is 2.17 bits per heavy atom. The Hall–Kier alpha value is -6.90. The van der Waals surface area contributed by atoms with Crippen molar-refractivity contribution in [1.82, 2.24) is 25.4 Å². The molecule has 344 valence electrons. The zero-order chi connectivity index (χ0) is 46.2. The number of piperazine rings is 1. The minimum absolute atomic E-state index is 0.00708. The molecule has 2 atom stereocenters. The van der Waals surface area contributed by atoms with E-state index in [1.54, 1.807) is 26.2 Å². The van der Waals surface area contributed by atoms with Gasteiger partial charge in [0.05, 0.1) is 69.2 Å². The predicted octanol–water partition coefficient (Wildman–Crippen LogP) is 1.78. The summed E-state index contributed by atoms with van der Waals surface area (Å²) in [5.74, 6) is -2.14. The average Bonchev–Trinajstić information content (AvgIpc) is 3.47. The summed E-state index contributed by atoms with van der Waals surface area (Å²) in [6.45, 7) is 4.41. The van der Waals surface area contributed by atoms with E-state index in [0.29, 0.717) is 49.8 Å². The van der Waals surface area contributed by atoms with Gasteiger partial charge in [0.2, 0.25) is 23.6 Å². The standard InChI is InChI=1S/C45H52N8O12/c1-27-22-29-23-35(61-3)36(62-4)24-32(29)41(49-53(27)45(60)46-2)28-8-10-30(11-9-28)50-14-16-51(17-15-50)39(56)26-65-21-19-63-18-20-64-25-38(55)47-33-7-5-6-31-40(33)44(59)52(43(31)58)34-12-13-37(54)48-42(34)57/h5-11,23-24,27,34H,12-22,25-26H2,1-4H3,(H,46,60)(H,47,55)(H,48,54,57)/t27-,34?/m0/s1. The number of nitrogens with zero attached hydrogens (tertiary/aromatic N) is 5. The molecule has 8 amide bonds. The average molecular weight is 897 g/mol. The van der Waals surface area contributed by atoms with Crippen molar-refractivity contribution in [2.45, 2.75) is 38.3 Å². The Kier molecular flexibility index (Phi) is 14.7. The molecule has 0 bridgehead atoms. The fourth-order valence-electron chi connectivity index (χ4n) is 8.15. The Bertz CT molecular complexity index is 2360. The molecule has 4 heterocycles. The Morgan fingerprint density at radius 2 is 1.49 bits per heavy atom. The number of hydrogen-bond donors (Lipinski definition) is 3. The summed E-state index contributed by atoms with van der Waals surface area (Å²) >= 11 is 0. The lowest BCUT2D eigenvalue weighted by molar-refractivity contribution is -0.137. The van der Waals surface area contributed by atoms with Crippen molar-refractivity contribution in [3.8, 4) is 11.5 Å². The second-order valence-corrected chi connectivity index (χ2v) is 15.6. The van der Waals surface area contributed by atoms with Crippen LogP contribution in [0.5, 0.6) is 11.5 Å². The smallest absolute Gasteiger partial charge is 0.337 e. The molecule has 0 radical (unpaired) electrons. The molecule has 20 heteroatoms. The summed E-state index contributed by atoms with van der Waals surface area (Å²) in [5, 5.41) is 13.8. The van der Waals surface area contributed by atoms with Gasteiger partial charge in [0, 0.05) is 56.5 Å². The maximum atomic E-state index is 13.3. The van der Waals surface area contributed by atoms with Gasteiger partial charge in [-0.3, -0.25) is 39.0 Å². The van der Waals surface area contributed by atoms with E-state index in [1.807, 2.05) is 43.3 Å². The van der Waals surface area contributed by atoms with Gasteiger partial charge in [-0.2, -0.15) is 5.10 Å². The van der Waals surface area contributed by atoms with E-state index < -0.39 is 35.6 Å². The third-order valence-electron chi connectivity index (χ3n) is 11.5. The zero-order valence-electron chi connectivity index (χ0n) is 36.7. The summed E-state index contributed by atoms with van der Waals surface area (Å²) < 4.78 is 27.7. The van der Waals surface area contributed by atoms with Gasteiger partial charge in [-0.25, -0.2) is 9.80 Å². The molecule has 1 unspecified atom stereocenters. The molecule has 3 N–H and O–H groups in total. The minimum atomic E-state index is -1.12. The van der Waals surface area contributed by atoms with E-state index in [0.717, 1.165) is 27.3 Å². The lowest BCUT2D eigenvalue weighted by Gasteiger charge is -2.36. The maximum Gasteiger partial charge on any atom is 0.337 e. The van der Waals surface area contributed by atoms with Crippen LogP contribution in [0.15, 0.2) is 59.7 Å². The summed E-state index contributed by atoms with van der Waals surface area (Å²) in [6, 6.07) is 14.6. The van der Waals surface area contributed by atoms with Gasteiger partial charge in [-0.15, -0.1) is 0 Å². The highest BCUT2D eigenvalue weighted by atomic mass is 16.5. The SMILES string of the molecule is CNC(=O)N1N=C(c2ccc(N3CCN(C(=O)COCCOCCOCC(=O)Nc4cccc5c4C(=O)N(C4CCC(=O)NC4=O)C5=O)CC3)cc2)c2cc(OC)c(OC)cc2C[C@@H]1C. The molecule has 0 saturated carbocycles.